The fourth-order valence-corrected chi connectivity index (χ4v) is 5.60. The van der Waals surface area contributed by atoms with Crippen LogP contribution in [0.5, 0.6) is 0 Å². The summed E-state index contributed by atoms with van der Waals surface area (Å²) in [4.78, 5) is 46.6. The van der Waals surface area contributed by atoms with Gasteiger partial charge in [0.05, 0.1) is 36.6 Å². The topological polar surface area (TPSA) is 166 Å². The van der Waals surface area contributed by atoms with Crippen molar-refractivity contribution < 1.29 is 23.9 Å². The number of benzene rings is 2. The number of aromatic amines is 1. The van der Waals surface area contributed by atoms with Crippen molar-refractivity contribution in [1.29, 1.82) is 0 Å². The van der Waals surface area contributed by atoms with Crippen LogP contribution in [0.2, 0.25) is 5.02 Å². The molecule has 246 valence electrons. The van der Waals surface area contributed by atoms with Gasteiger partial charge in [0.15, 0.2) is 0 Å². The van der Waals surface area contributed by atoms with Gasteiger partial charge in [-0.15, -0.1) is 5.10 Å². The van der Waals surface area contributed by atoms with Crippen LogP contribution in [0.25, 0.3) is 23.0 Å². The summed E-state index contributed by atoms with van der Waals surface area (Å²) >= 11 is 6.24. The Hall–Kier alpha value is -5.04. The Morgan fingerprint density at radius 3 is 2.66 bits per heavy atom. The lowest BCUT2D eigenvalue weighted by atomic mass is 9.89. The number of nitrogens with zero attached hydrogens (tertiary/aromatic N) is 5. The highest BCUT2D eigenvalue weighted by Crippen LogP contribution is 2.32. The molecule has 1 aliphatic rings. The number of anilines is 1. The molecule has 1 unspecified atom stereocenters. The van der Waals surface area contributed by atoms with Gasteiger partial charge in [-0.2, -0.15) is 4.68 Å². The largest absolute Gasteiger partial charge is 0.460 e. The van der Waals surface area contributed by atoms with E-state index in [0.717, 1.165) is 17.5 Å². The number of hydrogen-bond acceptors (Lipinski definition) is 9. The number of methoxy groups -OCH3 is 1. The SMILES string of the molecule is COC(=O)Nc1ccc2c(c1)C[C@@H](C(=O)OC(C)(C)C)CCCCC(NC(=O)/C=C/c1cc(Cl)ccc1-n1cnnn1)c1ncc-2[nH]1. The molecule has 13 nitrogen and oxygen atoms in total. The van der Waals surface area contributed by atoms with Crippen LogP contribution in [0.1, 0.15) is 69.4 Å². The molecule has 2 atom stereocenters. The van der Waals surface area contributed by atoms with Crippen molar-refractivity contribution in [2.24, 2.45) is 5.92 Å². The monoisotopic (exact) mass is 660 g/mol. The van der Waals surface area contributed by atoms with Gasteiger partial charge in [-0.05, 0) is 92.4 Å². The van der Waals surface area contributed by atoms with E-state index in [2.05, 4.69) is 36.1 Å². The highest BCUT2D eigenvalue weighted by atomic mass is 35.5. The number of ether oxygens (including phenoxy) is 2. The maximum atomic E-state index is 13.4. The van der Waals surface area contributed by atoms with Gasteiger partial charge in [0.25, 0.3) is 0 Å². The van der Waals surface area contributed by atoms with Gasteiger partial charge in [-0.1, -0.05) is 30.5 Å². The number of H-pyrrole nitrogens is 1. The minimum absolute atomic E-state index is 0.283. The number of amides is 2. The molecule has 0 radical (unpaired) electrons. The Balaban J connectivity index is 1.42. The number of aromatic nitrogens is 6. The Kier molecular flexibility index (Phi) is 10.3. The summed E-state index contributed by atoms with van der Waals surface area (Å²) in [5.74, 6) is -0.431. The Bertz CT molecular complexity index is 1760. The summed E-state index contributed by atoms with van der Waals surface area (Å²) in [6.07, 6.45) is 8.67. The molecule has 3 N–H and O–H groups in total. The molecule has 2 aromatic carbocycles. The van der Waals surface area contributed by atoms with Crippen molar-refractivity contribution in [2.75, 3.05) is 12.4 Å². The van der Waals surface area contributed by atoms with Crippen LogP contribution in [-0.4, -0.2) is 60.9 Å². The van der Waals surface area contributed by atoms with Crippen LogP contribution < -0.4 is 10.6 Å². The maximum Gasteiger partial charge on any atom is 0.411 e. The summed E-state index contributed by atoms with van der Waals surface area (Å²) in [6, 6.07) is 10.2. The molecule has 0 saturated heterocycles. The van der Waals surface area contributed by atoms with Crippen LogP contribution in [0.3, 0.4) is 0 Å². The summed E-state index contributed by atoms with van der Waals surface area (Å²) in [5, 5.41) is 17.6. The first kappa shape index (κ1) is 33.3. The van der Waals surface area contributed by atoms with Gasteiger partial charge in [-0.3, -0.25) is 14.9 Å². The zero-order valence-electron chi connectivity index (χ0n) is 26.6. The molecule has 5 rings (SSSR count). The Morgan fingerprint density at radius 1 is 1.11 bits per heavy atom. The van der Waals surface area contributed by atoms with E-state index >= 15 is 0 Å². The minimum Gasteiger partial charge on any atom is -0.460 e. The Morgan fingerprint density at radius 2 is 1.91 bits per heavy atom. The van der Waals surface area contributed by atoms with Crippen molar-refractivity contribution in [3.05, 3.63) is 77.0 Å². The minimum atomic E-state index is -0.642. The number of tetrazole rings is 1. The number of nitrogens with one attached hydrogen (secondary N) is 3. The molecular formula is C33H37ClN8O5. The molecule has 0 fully saturated rings. The number of imidazole rings is 1. The highest BCUT2D eigenvalue weighted by Gasteiger charge is 2.28. The van der Waals surface area contributed by atoms with Crippen molar-refractivity contribution in [3.8, 4) is 16.9 Å². The van der Waals surface area contributed by atoms with Gasteiger partial charge in [0.1, 0.15) is 17.8 Å². The summed E-state index contributed by atoms with van der Waals surface area (Å²) in [6.45, 7) is 5.54. The number of halogens is 1. The van der Waals surface area contributed by atoms with E-state index in [9.17, 15) is 14.4 Å². The lowest BCUT2D eigenvalue weighted by molar-refractivity contribution is -0.160. The van der Waals surface area contributed by atoms with Crippen LogP contribution in [0.4, 0.5) is 10.5 Å². The van der Waals surface area contributed by atoms with Crippen LogP contribution >= 0.6 is 11.6 Å². The normalized spacial score (nSPS) is 16.8. The number of fused-ring (bicyclic) bond motifs is 4. The zero-order chi connectivity index (χ0) is 33.6. The number of esters is 1. The highest BCUT2D eigenvalue weighted by molar-refractivity contribution is 6.30. The van der Waals surface area contributed by atoms with Crippen LogP contribution in [0, 0.1) is 5.92 Å². The van der Waals surface area contributed by atoms with E-state index in [1.807, 2.05) is 32.9 Å². The van der Waals surface area contributed by atoms with Crippen molar-refractivity contribution in [2.45, 2.75) is 64.5 Å². The smallest absolute Gasteiger partial charge is 0.411 e. The average molecular weight is 661 g/mol. The second-order valence-electron chi connectivity index (χ2n) is 12.2. The quantitative estimate of drug-likeness (QED) is 0.170. The van der Waals surface area contributed by atoms with E-state index in [4.69, 9.17) is 21.1 Å². The number of rotatable bonds is 6. The molecule has 2 amide bonds. The van der Waals surface area contributed by atoms with Gasteiger partial charge >= 0.3 is 12.1 Å². The van der Waals surface area contributed by atoms with E-state index in [0.29, 0.717) is 59.2 Å². The molecule has 0 saturated carbocycles. The maximum absolute atomic E-state index is 13.4. The first-order valence-corrected chi connectivity index (χ1v) is 15.6. The third kappa shape index (κ3) is 8.82. The first-order chi connectivity index (χ1) is 22.5. The summed E-state index contributed by atoms with van der Waals surface area (Å²) < 4.78 is 12.1. The molecule has 0 aliphatic carbocycles. The molecule has 47 heavy (non-hydrogen) atoms. The second kappa shape index (κ2) is 14.6. The Labute approximate surface area is 277 Å². The molecular weight excluding hydrogens is 624 g/mol. The van der Waals surface area contributed by atoms with Gasteiger partial charge in [0.2, 0.25) is 5.91 Å². The lowest BCUT2D eigenvalue weighted by Crippen LogP contribution is -2.30. The van der Waals surface area contributed by atoms with E-state index in [1.165, 1.54) is 24.2 Å². The zero-order valence-corrected chi connectivity index (χ0v) is 27.4. The number of carbonyl (C=O) groups is 3. The average Bonchev–Trinajstić information content (AvgIpc) is 3.73. The third-order valence-electron chi connectivity index (χ3n) is 7.57. The fourth-order valence-electron chi connectivity index (χ4n) is 5.42. The van der Waals surface area contributed by atoms with Gasteiger partial charge < -0.3 is 19.8 Å². The van der Waals surface area contributed by atoms with Crippen LogP contribution in [0.15, 0.2) is 55.0 Å². The van der Waals surface area contributed by atoms with Gasteiger partial charge in [0, 0.05) is 27.9 Å². The van der Waals surface area contributed by atoms with Gasteiger partial charge in [-0.25, -0.2) is 9.78 Å². The first-order valence-electron chi connectivity index (χ1n) is 15.3. The third-order valence-corrected chi connectivity index (χ3v) is 7.81. The van der Waals surface area contributed by atoms with E-state index < -0.39 is 23.7 Å². The number of hydrogen-bond donors (Lipinski definition) is 3. The molecule has 1 aliphatic heterocycles. The molecule has 2 aromatic heterocycles. The molecule has 3 heterocycles. The predicted octanol–water partition coefficient (Wildman–Crippen LogP) is 5.83. The van der Waals surface area contributed by atoms with Crippen molar-refractivity contribution >= 4 is 41.3 Å². The molecule has 14 heteroatoms. The van der Waals surface area contributed by atoms with Crippen molar-refractivity contribution in [3.63, 3.8) is 0 Å². The fraction of sp³-hybridized carbons (Fsp3) is 0.364. The van der Waals surface area contributed by atoms with Crippen LogP contribution in [-0.2, 0) is 25.5 Å². The van der Waals surface area contributed by atoms with Crippen molar-refractivity contribution in [1.82, 2.24) is 35.5 Å². The predicted molar refractivity (Wildman–Crippen MR) is 176 cm³/mol. The number of carbonyl (C=O) groups excluding carboxylic acids is 3. The standard InChI is InChI=1S/C33H37ClN8O5/c1-33(2,3)47-31(44)21-7-5-6-8-26(38-29(43)14-9-20-16-23(34)10-13-28(20)42-19-36-40-41-42)30-35-18-27(39-30)25-12-11-24(17-22(25)15-21)37-32(45)46-4/h9-14,16-19,21,26H,5-8,15H2,1-4H3,(H,35,39)(H,37,45)(H,38,43)/b14-9+/t21-,26?/m0/s1. The van der Waals surface area contributed by atoms with E-state index in [-0.39, 0.29) is 11.9 Å². The van der Waals surface area contributed by atoms with E-state index in [1.54, 1.807) is 36.5 Å². The summed E-state index contributed by atoms with van der Waals surface area (Å²) in [5.41, 5.74) is 3.56. The lowest BCUT2D eigenvalue weighted by Gasteiger charge is -2.25. The molecule has 0 spiro atoms. The molecule has 2 bridgehead atoms. The summed E-state index contributed by atoms with van der Waals surface area (Å²) in [7, 11) is 1.30. The molecule has 4 aromatic rings. The second-order valence-corrected chi connectivity index (χ2v) is 12.7.